The van der Waals surface area contributed by atoms with Crippen molar-refractivity contribution in [2.45, 2.75) is 154 Å². The summed E-state index contributed by atoms with van der Waals surface area (Å²) in [5, 5.41) is 17.7. The Morgan fingerprint density at radius 2 is 0.939 bits per heavy atom. The van der Waals surface area contributed by atoms with Gasteiger partial charge in [-0.3, -0.25) is 0 Å². The lowest BCUT2D eigenvalue weighted by Gasteiger charge is -2.04. The highest BCUT2D eigenvalue weighted by Crippen LogP contribution is 2.15. The van der Waals surface area contributed by atoms with E-state index in [0.717, 1.165) is 19.4 Å². The van der Waals surface area contributed by atoms with Crippen molar-refractivity contribution in [3.63, 3.8) is 0 Å². The van der Waals surface area contributed by atoms with Crippen LogP contribution in [0.5, 0.6) is 0 Å². The van der Waals surface area contributed by atoms with Crippen molar-refractivity contribution < 1.29 is 19.7 Å². The lowest BCUT2D eigenvalue weighted by molar-refractivity contribution is -0.146. The first-order valence-electron chi connectivity index (χ1n) is 14.2. The van der Waals surface area contributed by atoms with Gasteiger partial charge in [0.2, 0.25) is 0 Å². The van der Waals surface area contributed by atoms with E-state index in [4.69, 9.17) is 14.9 Å². The SMILES string of the molecule is COCCCCCCCCCCCCCCCCCCCCCCCC=CCC(O)C(=O)O. The molecule has 0 amide bonds. The van der Waals surface area contributed by atoms with Crippen LogP contribution < -0.4 is 0 Å². The van der Waals surface area contributed by atoms with Gasteiger partial charge in [-0.1, -0.05) is 134 Å². The molecule has 0 heterocycles. The number of aliphatic hydroxyl groups is 1. The molecule has 1 atom stereocenters. The number of allylic oxidation sites excluding steroid dienone is 1. The molecule has 4 nitrogen and oxygen atoms in total. The number of carbonyl (C=O) groups is 1. The minimum Gasteiger partial charge on any atom is -0.479 e. The number of carboxylic acids is 1. The van der Waals surface area contributed by atoms with Crippen LogP contribution in [0.2, 0.25) is 0 Å². The number of aliphatic hydroxyl groups excluding tert-OH is 1. The van der Waals surface area contributed by atoms with Crippen molar-refractivity contribution >= 4 is 5.97 Å². The van der Waals surface area contributed by atoms with Crippen LogP contribution >= 0.6 is 0 Å². The molecule has 0 saturated carbocycles. The first-order chi connectivity index (χ1) is 16.2. The summed E-state index contributed by atoms with van der Waals surface area (Å²) in [5.74, 6) is -1.14. The van der Waals surface area contributed by atoms with Crippen molar-refractivity contribution in [3.8, 4) is 0 Å². The van der Waals surface area contributed by atoms with Gasteiger partial charge in [-0.05, 0) is 19.3 Å². The Morgan fingerprint density at radius 1 is 0.606 bits per heavy atom. The molecule has 0 rings (SSSR count). The van der Waals surface area contributed by atoms with Gasteiger partial charge in [0.1, 0.15) is 0 Å². The second kappa shape index (κ2) is 27.4. The molecule has 0 aromatic heterocycles. The van der Waals surface area contributed by atoms with Gasteiger partial charge < -0.3 is 14.9 Å². The van der Waals surface area contributed by atoms with Crippen LogP contribution in [0.25, 0.3) is 0 Å². The smallest absolute Gasteiger partial charge is 0.332 e. The van der Waals surface area contributed by atoms with E-state index < -0.39 is 12.1 Å². The van der Waals surface area contributed by atoms with Gasteiger partial charge in [-0.2, -0.15) is 0 Å². The zero-order valence-electron chi connectivity index (χ0n) is 21.9. The fourth-order valence-electron chi connectivity index (χ4n) is 4.31. The lowest BCUT2D eigenvalue weighted by atomic mass is 10.0. The quantitative estimate of drug-likeness (QED) is 0.0935. The molecule has 0 radical (unpaired) electrons. The lowest BCUT2D eigenvalue weighted by Crippen LogP contribution is -2.17. The number of unbranched alkanes of at least 4 members (excludes halogenated alkanes) is 21. The number of methoxy groups -OCH3 is 1. The molecule has 0 saturated heterocycles. The Balaban J connectivity index is 3.09. The molecule has 196 valence electrons. The molecule has 33 heavy (non-hydrogen) atoms. The highest BCUT2D eigenvalue weighted by atomic mass is 16.5. The minimum absolute atomic E-state index is 0.214. The monoisotopic (exact) mass is 468 g/mol. The molecule has 0 aromatic rings. The molecule has 1 unspecified atom stereocenters. The normalized spacial score (nSPS) is 12.5. The average molecular weight is 469 g/mol. The molecule has 4 heteroatoms. The van der Waals surface area contributed by atoms with E-state index in [-0.39, 0.29) is 6.42 Å². The predicted molar refractivity (Wildman–Crippen MR) is 141 cm³/mol. The van der Waals surface area contributed by atoms with Crippen molar-refractivity contribution in [3.05, 3.63) is 12.2 Å². The topological polar surface area (TPSA) is 66.8 Å². The van der Waals surface area contributed by atoms with Crippen LogP contribution in [0.4, 0.5) is 0 Å². The molecule has 0 aliphatic carbocycles. The Bertz CT molecular complexity index is 422. The van der Waals surface area contributed by atoms with E-state index in [1.807, 2.05) is 6.08 Å². The summed E-state index contributed by atoms with van der Waals surface area (Å²) in [6, 6.07) is 0. The van der Waals surface area contributed by atoms with Gasteiger partial charge in [0.25, 0.3) is 0 Å². The van der Waals surface area contributed by atoms with Gasteiger partial charge in [0, 0.05) is 20.1 Å². The summed E-state index contributed by atoms with van der Waals surface area (Å²) in [6.07, 6.45) is 32.6. The van der Waals surface area contributed by atoms with E-state index in [0.29, 0.717) is 0 Å². The largest absolute Gasteiger partial charge is 0.479 e. The molecule has 0 aliphatic heterocycles. The maximum Gasteiger partial charge on any atom is 0.332 e. The Morgan fingerprint density at radius 3 is 1.27 bits per heavy atom. The standard InChI is InChI=1S/C29H56O4/c1-33-27-25-23-21-19-17-15-13-11-9-7-5-3-2-4-6-8-10-12-14-16-18-20-22-24-26-28(30)29(31)32/h22,24,28,30H,2-21,23,25-27H2,1H3,(H,31,32). The number of hydrogen-bond acceptors (Lipinski definition) is 3. The number of rotatable bonds is 27. The van der Waals surface area contributed by atoms with Crippen LogP contribution in [-0.4, -0.2) is 36.0 Å². The fourth-order valence-corrected chi connectivity index (χ4v) is 4.31. The van der Waals surface area contributed by atoms with Crippen LogP contribution in [0, 0.1) is 0 Å². The molecule has 0 spiro atoms. The zero-order valence-corrected chi connectivity index (χ0v) is 21.9. The second-order valence-electron chi connectivity index (χ2n) is 9.77. The van der Waals surface area contributed by atoms with E-state index in [1.165, 1.54) is 128 Å². The minimum atomic E-state index is -1.26. The first kappa shape index (κ1) is 32.1. The highest BCUT2D eigenvalue weighted by molar-refractivity contribution is 5.72. The molecule has 0 aromatic carbocycles. The second-order valence-corrected chi connectivity index (χ2v) is 9.77. The van der Waals surface area contributed by atoms with E-state index in [2.05, 4.69) is 0 Å². The van der Waals surface area contributed by atoms with Crippen LogP contribution in [0.3, 0.4) is 0 Å². The maximum absolute atomic E-state index is 10.5. The summed E-state index contributed by atoms with van der Waals surface area (Å²) in [4.78, 5) is 10.5. The van der Waals surface area contributed by atoms with E-state index in [1.54, 1.807) is 13.2 Å². The van der Waals surface area contributed by atoms with Gasteiger partial charge in [0.15, 0.2) is 6.10 Å². The molecule has 0 bridgehead atoms. The molecule has 0 fully saturated rings. The fraction of sp³-hybridized carbons (Fsp3) is 0.897. The number of carboxylic acid groups (broad SMARTS) is 1. The van der Waals surface area contributed by atoms with Crippen molar-refractivity contribution in [2.75, 3.05) is 13.7 Å². The summed E-state index contributed by atoms with van der Waals surface area (Å²) in [7, 11) is 1.79. The molecular weight excluding hydrogens is 412 g/mol. The highest BCUT2D eigenvalue weighted by Gasteiger charge is 2.09. The van der Waals surface area contributed by atoms with Gasteiger partial charge in [-0.15, -0.1) is 0 Å². The van der Waals surface area contributed by atoms with Gasteiger partial charge >= 0.3 is 5.97 Å². The van der Waals surface area contributed by atoms with Crippen molar-refractivity contribution in [1.82, 2.24) is 0 Å². The predicted octanol–water partition coefficient (Wildman–Crippen LogP) is 8.61. The summed E-state index contributed by atoms with van der Waals surface area (Å²) >= 11 is 0. The third-order valence-electron chi connectivity index (χ3n) is 6.53. The molecule has 0 aliphatic rings. The van der Waals surface area contributed by atoms with Gasteiger partial charge in [-0.25, -0.2) is 4.79 Å². The molecule has 2 N–H and O–H groups in total. The number of ether oxygens (including phenoxy) is 1. The third kappa shape index (κ3) is 27.3. The summed E-state index contributed by atoms with van der Waals surface area (Å²) in [6.45, 7) is 0.925. The first-order valence-corrected chi connectivity index (χ1v) is 14.2. The van der Waals surface area contributed by atoms with E-state index in [9.17, 15) is 4.79 Å². The van der Waals surface area contributed by atoms with Crippen molar-refractivity contribution in [2.24, 2.45) is 0 Å². The Hall–Kier alpha value is -0.870. The third-order valence-corrected chi connectivity index (χ3v) is 6.53. The van der Waals surface area contributed by atoms with Crippen molar-refractivity contribution in [1.29, 1.82) is 0 Å². The zero-order chi connectivity index (χ0) is 24.2. The average Bonchev–Trinajstić information content (AvgIpc) is 2.81. The van der Waals surface area contributed by atoms with Crippen LogP contribution in [-0.2, 0) is 9.53 Å². The number of hydrogen-bond donors (Lipinski definition) is 2. The van der Waals surface area contributed by atoms with E-state index >= 15 is 0 Å². The number of aliphatic carboxylic acids is 1. The maximum atomic E-state index is 10.5. The Kier molecular flexibility index (Phi) is 26.7. The summed E-state index contributed by atoms with van der Waals surface area (Å²) in [5.41, 5.74) is 0. The Labute approximate surface area is 205 Å². The summed E-state index contributed by atoms with van der Waals surface area (Å²) < 4.78 is 5.09. The molecular formula is C29H56O4. The van der Waals surface area contributed by atoms with Gasteiger partial charge in [0.05, 0.1) is 0 Å². The van der Waals surface area contributed by atoms with Crippen LogP contribution in [0.1, 0.15) is 148 Å². The van der Waals surface area contributed by atoms with Crippen LogP contribution in [0.15, 0.2) is 12.2 Å².